The number of nitrogens with one attached hydrogen (secondary N) is 1. The Morgan fingerprint density at radius 1 is 1.30 bits per heavy atom. The molecule has 0 radical (unpaired) electrons. The van der Waals surface area contributed by atoms with E-state index in [1.807, 2.05) is 23.7 Å². The molecule has 0 aromatic carbocycles. The van der Waals surface area contributed by atoms with Crippen molar-refractivity contribution in [1.29, 1.82) is 0 Å². The van der Waals surface area contributed by atoms with E-state index in [9.17, 15) is 0 Å². The van der Waals surface area contributed by atoms with Gasteiger partial charge in [0.2, 0.25) is 0 Å². The molecule has 3 nitrogen and oxygen atoms in total. The van der Waals surface area contributed by atoms with Crippen LogP contribution in [0, 0.1) is 0 Å². The first-order valence-electron chi connectivity index (χ1n) is 7.08. The SMILES string of the molecule is CC(CNCc1cccs1)N(C)CCc1ccncc1. The zero-order valence-electron chi connectivity index (χ0n) is 12.2. The number of hydrogen-bond acceptors (Lipinski definition) is 4. The van der Waals surface area contributed by atoms with Gasteiger partial charge in [-0.3, -0.25) is 4.98 Å². The van der Waals surface area contributed by atoms with E-state index in [2.05, 4.69) is 58.8 Å². The summed E-state index contributed by atoms with van der Waals surface area (Å²) in [7, 11) is 2.19. The molecule has 0 saturated heterocycles. The van der Waals surface area contributed by atoms with Crippen LogP contribution in [0.3, 0.4) is 0 Å². The molecule has 0 aliphatic heterocycles. The van der Waals surface area contributed by atoms with Crippen molar-refractivity contribution in [2.24, 2.45) is 0 Å². The first kappa shape index (κ1) is 15.2. The lowest BCUT2D eigenvalue weighted by Crippen LogP contribution is -2.38. The molecule has 2 aromatic rings. The third-order valence-electron chi connectivity index (χ3n) is 3.57. The second-order valence-electron chi connectivity index (χ2n) is 5.15. The van der Waals surface area contributed by atoms with Gasteiger partial charge in [-0.2, -0.15) is 0 Å². The van der Waals surface area contributed by atoms with Crippen molar-refractivity contribution < 1.29 is 0 Å². The van der Waals surface area contributed by atoms with Crippen LogP contribution in [0.4, 0.5) is 0 Å². The van der Waals surface area contributed by atoms with Crippen molar-refractivity contribution in [2.75, 3.05) is 20.1 Å². The molecule has 0 spiro atoms. The molecule has 0 aliphatic carbocycles. The van der Waals surface area contributed by atoms with Gasteiger partial charge in [0.05, 0.1) is 0 Å². The monoisotopic (exact) mass is 289 g/mol. The van der Waals surface area contributed by atoms with Crippen LogP contribution in [0.25, 0.3) is 0 Å². The second-order valence-corrected chi connectivity index (χ2v) is 6.18. The van der Waals surface area contributed by atoms with E-state index in [1.54, 1.807) is 0 Å². The van der Waals surface area contributed by atoms with Gasteiger partial charge in [-0.1, -0.05) is 6.07 Å². The first-order chi connectivity index (χ1) is 9.75. The highest BCUT2D eigenvalue weighted by atomic mass is 32.1. The number of aromatic nitrogens is 1. The number of hydrogen-bond donors (Lipinski definition) is 1. The molecule has 4 heteroatoms. The largest absolute Gasteiger partial charge is 0.310 e. The van der Waals surface area contributed by atoms with Gasteiger partial charge < -0.3 is 10.2 Å². The van der Waals surface area contributed by atoms with E-state index in [0.717, 1.165) is 26.1 Å². The molecule has 0 aliphatic rings. The molecule has 0 saturated carbocycles. The van der Waals surface area contributed by atoms with Gasteiger partial charge in [-0.05, 0) is 49.5 Å². The van der Waals surface area contributed by atoms with Crippen molar-refractivity contribution in [1.82, 2.24) is 15.2 Å². The Kier molecular flexibility index (Phi) is 6.18. The number of rotatable bonds is 8. The van der Waals surface area contributed by atoms with E-state index in [0.29, 0.717) is 6.04 Å². The zero-order chi connectivity index (χ0) is 14.2. The minimum absolute atomic E-state index is 0.539. The molecule has 2 aromatic heterocycles. The van der Waals surface area contributed by atoms with E-state index in [-0.39, 0.29) is 0 Å². The lowest BCUT2D eigenvalue weighted by Gasteiger charge is -2.25. The fourth-order valence-electron chi connectivity index (χ4n) is 2.05. The molecular formula is C16H23N3S. The highest BCUT2D eigenvalue weighted by Gasteiger charge is 2.08. The van der Waals surface area contributed by atoms with Crippen molar-refractivity contribution in [3.63, 3.8) is 0 Å². The summed E-state index contributed by atoms with van der Waals surface area (Å²) in [6, 6.07) is 9.00. The van der Waals surface area contributed by atoms with Gasteiger partial charge in [0.25, 0.3) is 0 Å². The molecule has 0 bridgehead atoms. The Morgan fingerprint density at radius 2 is 2.10 bits per heavy atom. The summed E-state index contributed by atoms with van der Waals surface area (Å²) < 4.78 is 0. The van der Waals surface area contributed by atoms with Gasteiger partial charge in [0, 0.05) is 42.9 Å². The smallest absolute Gasteiger partial charge is 0.0300 e. The van der Waals surface area contributed by atoms with E-state index < -0.39 is 0 Å². The van der Waals surface area contributed by atoms with E-state index >= 15 is 0 Å². The molecule has 1 N–H and O–H groups in total. The van der Waals surface area contributed by atoms with Crippen LogP contribution in [0.15, 0.2) is 42.0 Å². The lowest BCUT2D eigenvalue weighted by molar-refractivity contribution is 0.253. The van der Waals surface area contributed by atoms with Crippen LogP contribution in [-0.4, -0.2) is 36.1 Å². The fraction of sp³-hybridized carbons (Fsp3) is 0.438. The summed E-state index contributed by atoms with van der Waals surface area (Å²) in [5.74, 6) is 0. The van der Waals surface area contributed by atoms with E-state index in [1.165, 1.54) is 10.4 Å². The molecule has 0 fully saturated rings. The Balaban J connectivity index is 1.65. The first-order valence-corrected chi connectivity index (χ1v) is 7.96. The molecule has 2 rings (SSSR count). The quantitative estimate of drug-likeness (QED) is 0.810. The Labute approximate surface area is 125 Å². The number of thiophene rings is 1. The van der Waals surface area contributed by atoms with Crippen molar-refractivity contribution >= 4 is 11.3 Å². The summed E-state index contributed by atoms with van der Waals surface area (Å²) in [6.45, 7) is 5.34. The predicted molar refractivity (Wildman–Crippen MR) is 86.1 cm³/mol. The highest BCUT2D eigenvalue weighted by molar-refractivity contribution is 7.09. The van der Waals surface area contributed by atoms with Crippen LogP contribution in [0.1, 0.15) is 17.4 Å². The van der Waals surface area contributed by atoms with Gasteiger partial charge >= 0.3 is 0 Å². The summed E-state index contributed by atoms with van der Waals surface area (Å²) in [5, 5.41) is 5.65. The Morgan fingerprint density at radius 3 is 2.80 bits per heavy atom. The summed E-state index contributed by atoms with van der Waals surface area (Å²) in [6.07, 6.45) is 4.80. The van der Waals surface area contributed by atoms with Gasteiger partial charge in [-0.25, -0.2) is 0 Å². The molecule has 2 heterocycles. The molecule has 20 heavy (non-hydrogen) atoms. The van der Waals surface area contributed by atoms with E-state index in [4.69, 9.17) is 0 Å². The average molecular weight is 289 g/mol. The Hall–Kier alpha value is -1.23. The maximum atomic E-state index is 4.05. The zero-order valence-corrected chi connectivity index (χ0v) is 13.1. The van der Waals surface area contributed by atoms with Crippen LogP contribution >= 0.6 is 11.3 Å². The molecule has 1 unspecified atom stereocenters. The third kappa shape index (κ3) is 5.04. The Bertz CT molecular complexity index is 470. The highest BCUT2D eigenvalue weighted by Crippen LogP contribution is 2.07. The number of likely N-dealkylation sites (N-methyl/N-ethyl adjacent to an activating group) is 1. The minimum atomic E-state index is 0.539. The van der Waals surface area contributed by atoms with Crippen LogP contribution in [-0.2, 0) is 13.0 Å². The molecule has 108 valence electrons. The van der Waals surface area contributed by atoms with Crippen LogP contribution in [0.2, 0.25) is 0 Å². The minimum Gasteiger partial charge on any atom is -0.310 e. The predicted octanol–water partition coefficient (Wildman–Crippen LogP) is 2.80. The third-order valence-corrected chi connectivity index (χ3v) is 4.45. The standard InChI is InChI=1S/C16H23N3S/c1-14(12-18-13-16-4-3-11-20-16)19(2)10-7-15-5-8-17-9-6-15/h3-6,8-9,11,14,18H,7,10,12-13H2,1-2H3. The molecule has 0 amide bonds. The molecular weight excluding hydrogens is 266 g/mol. The van der Waals surface area contributed by atoms with Crippen LogP contribution in [0.5, 0.6) is 0 Å². The fourth-order valence-corrected chi connectivity index (χ4v) is 2.72. The topological polar surface area (TPSA) is 28.2 Å². The molecule has 1 atom stereocenters. The van der Waals surface area contributed by atoms with Crippen LogP contribution < -0.4 is 5.32 Å². The number of nitrogens with zero attached hydrogens (tertiary/aromatic N) is 2. The average Bonchev–Trinajstić information content (AvgIpc) is 2.99. The number of pyridine rings is 1. The second kappa shape index (κ2) is 8.15. The summed E-state index contributed by atoms with van der Waals surface area (Å²) >= 11 is 1.81. The maximum absolute atomic E-state index is 4.05. The van der Waals surface area contributed by atoms with Crippen molar-refractivity contribution in [3.05, 3.63) is 52.5 Å². The maximum Gasteiger partial charge on any atom is 0.0300 e. The van der Waals surface area contributed by atoms with Gasteiger partial charge in [0.1, 0.15) is 0 Å². The summed E-state index contributed by atoms with van der Waals surface area (Å²) in [4.78, 5) is 7.85. The lowest BCUT2D eigenvalue weighted by atomic mass is 10.2. The van der Waals surface area contributed by atoms with Crippen molar-refractivity contribution in [3.8, 4) is 0 Å². The van der Waals surface area contributed by atoms with Crippen molar-refractivity contribution in [2.45, 2.75) is 25.9 Å². The normalized spacial score (nSPS) is 12.8. The van der Waals surface area contributed by atoms with Gasteiger partial charge in [0.15, 0.2) is 0 Å². The van der Waals surface area contributed by atoms with Gasteiger partial charge in [-0.15, -0.1) is 11.3 Å². The summed E-state index contributed by atoms with van der Waals surface area (Å²) in [5.41, 5.74) is 1.35.